The van der Waals surface area contributed by atoms with Crippen LogP contribution in [0.2, 0.25) is 0 Å². The highest BCUT2D eigenvalue weighted by Gasteiger charge is 1.84. The van der Waals surface area contributed by atoms with E-state index in [0.717, 1.165) is 0 Å². The van der Waals surface area contributed by atoms with Crippen LogP contribution in [0.1, 0.15) is 0 Å². The van der Waals surface area contributed by atoms with E-state index in [9.17, 15) is 0 Å². The third kappa shape index (κ3) is 6660. The Labute approximate surface area is 87.7 Å². The van der Waals surface area contributed by atoms with Gasteiger partial charge in [-0.05, 0) is 0 Å². The monoisotopic (exact) mass is 276 g/mol. The molecule has 0 aliphatic heterocycles. The zero-order valence-corrected chi connectivity index (χ0v) is 8.77. The molecule has 14 heavy (non-hydrogen) atoms. The molecule has 0 heterocycles. The second kappa shape index (κ2) is 12.6. The fourth-order valence-corrected chi connectivity index (χ4v) is 0. The predicted molar refractivity (Wildman–Crippen MR) is 48.6 cm³/mol. The zero-order valence-electron chi connectivity index (χ0n) is 6.13. The van der Waals surface area contributed by atoms with Gasteiger partial charge in [-0.25, -0.2) is 4.79 Å². The van der Waals surface area contributed by atoms with Crippen LogP contribution in [-0.4, -0.2) is 47.2 Å². The molecule has 0 rings (SSSR count). The topological polar surface area (TPSA) is 190 Å². The van der Waals surface area contributed by atoms with E-state index < -0.39 is 27.9 Å². The number of hydrogen-bond donors (Lipinski definition) is 6. The number of carbonyl (C=O) groups is 1. The number of hydrogen-bond acceptors (Lipinski definition) is 4. The van der Waals surface area contributed by atoms with Crippen LogP contribution >= 0.6 is 13.5 Å². The van der Waals surface area contributed by atoms with E-state index in [0.29, 0.717) is 0 Å². The zero-order chi connectivity index (χ0) is 11.7. The molecule has 0 aromatic heterocycles. The number of carboxylic acid groups (broad SMARTS) is 2. The van der Waals surface area contributed by atoms with Crippen molar-refractivity contribution in [3.8, 4) is 0 Å². The Morgan fingerprint density at radius 1 is 1.07 bits per heavy atom. The van der Waals surface area contributed by atoms with E-state index in [1.165, 1.54) is 0 Å². The van der Waals surface area contributed by atoms with Crippen LogP contribution in [0.4, 0.5) is 4.79 Å². The Bertz CT molecular complexity index is 210. The van der Waals surface area contributed by atoms with Crippen molar-refractivity contribution in [2.45, 2.75) is 0 Å². The molecule has 13 heteroatoms. The summed E-state index contributed by atoms with van der Waals surface area (Å²) in [5, 5.41) is 13.9. The van der Waals surface area contributed by atoms with Crippen molar-refractivity contribution >= 4 is 41.4 Å². The van der Waals surface area contributed by atoms with E-state index in [-0.39, 0.29) is 13.5 Å². The lowest BCUT2D eigenvalue weighted by atomic mass is 11.5. The molecule has 0 radical (unpaired) electrons. The molecule has 0 aliphatic carbocycles. The highest BCUT2D eigenvalue weighted by molar-refractivity contribution is 7.79. The molecule has 0 amide bonds. The van der Waals surface area contributed by atoms with Crippen LogP contribution in [0.15, 0.2) is 0 Å². The Morgan fingerprint density at radius 2 is 1.07 bits per heavy atom. The Morgan fingerprint density at radius 3 is 1.07 bits per heavy atom. The average Bonchev–Trinajstić information content (AvgIpc) is 1.50. The van der Waals surface area contributed by atoms with Gasteiger partial charge in [-0.15, -0.1) is 0 Å². The lowest BCUT2D eigenvalue weighted by Crippen LogP contribution is -1.89. The first kappa shape index (κ1) is 23.4. The molecule has 0 saturated heterocycles. The summed E-state index contributed by atoms with van der Waals surface area (Å²) in [5.41, 5.74) is 0. The van der Waals surface area contributed by atoms with Gasteiger partial charge in [0.1, 0.15) is 0 Å². The molecule has 90 valence electrons. The summed E-state index contributed by atoms with van der Waals surface area (Å²) >= 11 is -2.61. The van der Waals surface area contributed by atoms with Gasteiger partial charge in [0.2, 0.25) is 0 Å². The molecule has 0 unspecified atom stereocenters. The fraction of sp³-hybridized carbons (Fsp3) is 0. The molecule has 0 aromatic carbocycles. The molecule has 0 saturated carbocycles. The highest BCUT2D eigenvalue weighted by atomic mass is 32.3. The summed E-state index contributed by atoms with van der Waals surface area (Å²) in [6.07, 6.45) is -1.83. The van der Waals surface area contributed by atoms with E-state index >= 15 is 0 Å². The van der Waals surface area contributed by atoms with Gasteiger partial charge in [0.15, 0.2) is 0 Å². The van der Waals surface area contributed by atoms with Crippen LogP contribution in [0.25, 0.3) is 0 Å². The van der Waals surface area contributed by atoms with Gasteiger partial charge in [0.25, 0.3) is 11.4 Å². The first-order valence-electron chi connectivity index (χ1n) is 1.88. The van der Waals surface area contributed by atoms with E-state index in [2.05, 4.69) is 0 Å². The maximum absolute atomic E-state index is 8.74. The Hall–Kier alpha value is -0.440. The molecular weight excluding hydrogens is 268 g/mol. The highest BCUT2D eigenvalue weighted by Crippen LogP contribution is 1.59. The van der Waals surface area contributed by atoms with Gasteiger partial charge in [-0.1, -0.05) is 0 Å². The van der Waals surface area contributed by atoms with Crippen molar-refractivity contribution in [2.24, 2.45) is 0 Å². The first-order valence-corrected chi connectivity index (χ1v) is 4.34. The van der Waals surface area contributed by atoms with Gasteiger partial charge in [0.05, 0.1) is 0 Å². The van der Waals surface area contributed by atoms with E-state index in [1.54, 1.807) is 0 Å². The minimum absolute atomic E-state index is 0. The smallest absolute Gasteiger partial charge is 0.450 e. The van der Waals surface area contributed by atoms with Crippen molar-refractivity contribution in [1.82, 2.24) is 0 Å². The SMILES string of the molecule is O=C(O)O.O=S(=O)(O)O.O=S(O)O.S. The van der Waals surface area contributed by atoms with Gasteiger partial charge >= 0.3 is 16.6 Å². The Balaban J connectivity index is -0.0000000522. The fourth-order valence-electron chi connectivity index (χ4n) is 0. The molecule has 0 fully saturated rings. The third-order valence-electron chi connectivity index (χ3n) is 0. The van der Waals surface area contributed by atoms with Crippen molar-refractivity contribution in [3.63, 3.8) is 0 Å². The summed E-state index contributed by atoms with van der Waals surface area (Å²) < 4.78 is 54.4. The van der Waals surface area contributed by atoms with Crippen molar-refractivity contribution < 1.29 is 45.8 Å². The van der Waals surface area contributed by atoms with Gasteiger partial charge < -0.3 is 10.2 Å². The summed E-state index contributed by atoms with van der Waals surface area (Å²) in [4.78, 5) is 8.56. The summed E-state index contributed by atoms with van der Waals surface area (Å²) in [7, 11) is -4.67. The lowest BCUT2D eigenvalue weighted by Gasteiger charge is -1.68. The van der Waals surface area contributed by atoms with Crippen molar-refractivity contribution in [1.29, 1.82) is 0 Å². The largest absolute Gasteiger partial charge is 0.503 e. The van der Waals surface area contributed by atoms with Gasteiger partial charge in [-0.2, -0.15) is 26.1 Å². The molecule has 0 atom stereocenters. The maximum atomic E-state index is 8.74. The average molecular weight is 276 g/mol. The van der Waals surface area contributed by atoms with Crippen LogP contribution < -0.4 is 0 Å². The second-order valence-electron chi connectivity index (χ2n) is 0.961. The normalized spacial score (nSPS) is 8.36. The molecule has 10 nitrogen and oxygen atoms in total. The molecule has 0 aromatic rings. The van der Waals surface area contributed by atoms with E-state index in [1.807, 2.05) is 0 Å². The van der Waals surface area contributed by atoms with Gasteiger partial charge in [-0.3, -0.25) is 18.2 Å². The summed E-state index contributed by atoms with van der Waals surface area (Å²) in [5.74, 6) is 0. The first-order chi connectivity index (χ1) is 5.46. The molecule has 0 aliphatic rings. The Kier molecular flexibility index (Phi) is 21.0. The van der Waals surface area contributed by atoms with E-state index in [4.69, 9.17) is 45.8 Å². The van der Waals surface area contributed by atoms with Gasteiger partial charge in [0, 0.05) is 0 Å². The summed E-state index contributed by atoms with van der Waals surface area (Å²) in [6, 6.07) is 0. The predicted octanol–water partition coefficient (Wildman–Crippen LogP) is -0.636. The summed E-state index contributed by atoms with van der Waals surface area (Å²) in [6.45, 7) is 0. The minimum atomic E-state index is -4.67. The van der Waals surface area contributed by atoms with Crippen molar-refractivity contribution in [3.05, 3.63) is 0 Å². The minimum Gasteiger partial charge on any atom is -0.450 e. The molecule has 0 spiro atoms. The van der Waals surface area contributed by atoms with Crippen LogP contribution in [0.3, 0.4) is 0 Å². The van der Waals surface area contributed by atoms with Crippen LogP contribution in [0, 0.1) is 0 Å². The standard InChI is InChI=1S/CH2O3.H2O4S.H2O3S.H2S/c2-1(3)4;1-5(2,3)4;1-4(2)3;/h(H2,2,3,4);(H2,1,2,3,4);(H2,1,2,3);1H2. The quantitative estimate of drug-likeness (QED) is 0.245. The lowest BCUT2D eigenvalue weighted by molar-refractivity contribution is 0.137. The molecule has 0 bridgehead atoms. The molecule has 6 N–H and O–H groups in total. The van der Waals surface area contributed by atoms with Crippen molar-refractivity contribution in [2.75, 3.05) is 0 Å². The maximum Gasteiger partial charge on any atom is 0.503 e. The third-order valence-corrected chi connectivity index (χ3v) is 0. The second-order valence-corrected chi connectivity index (χ2v) is 2.32. The van der Waals surface area contributed by atoms with Crippen LogP contribution in [-0.2, 0) is 21.8 Å². The van der Waals surface area contributed by atoms with Crippen LogP contribution in [0.5, 0.6) is 0 Å². The number of rotatable bonds is 0. The molecular formula is CH8O10S3.